The molecule has 0 radical (unpaired) electrons. The summed E-state index contributed by atoms with van der Waals surface area (Å²) in [4.78, 5) is 23.3. The van der Waals surface area contributed by atoms with E-state index in [1.165, 1.54) is 17.5 Å². The maximum absolute atomic E-state index is 13.3. The topological polar surface area (TPSA) is 108 Å². The van der Waals surface area contributed by atoms with E-state index in [1.54, 1.807) is 18.0 Å². The van der Waals surface area contributed by atoms with Crippen LogP contribution in [-0.2, 0) is 7.05 Å². The Labute approximate surface area is 219 Å². The number of para-hydroxylation sites is 1. The lowest BCUT2D eigenvalue weighted by atomic mass is 10.0. The van der Waals surface area contributed by atoms with E-state index in [0.717, 1.165) is 27.7 Å². The van der Waals surface area contributed by atoms with Crippen LogP contribution in [0.5, 0.6) is 5.75 Å². The number of aryl methyl sites for hydroxylation is 1. The third-order valence-electron chi connectivity index (χ3n) is 5.87. The van der Waals surface area contributed by atoms with Crippen molar-refractivity contribution in [1.82, 2.24) is 29.9 Å². The van der Waals surface area contributed by atoms with Crippen molar-refractivity contribution < 1.29 is 9.53 Å². The minimum atomic E-state index is -0.357. The molecule has 6 rings (SSSR count). The van der Waals surface area contributed by atoms with Gasteiger partial charge in [-0.2, -0.15) is 15.3 Å². The predicted molar refractivity (Wildman–Crippen MR) is 144 cm³/mol. The first kappa shape index (κ1) is 23.0. The monoisotopic (exact) mass is 527 g/mol. The van der Waals surface area contributed by atoms with Crippen molar-refractivity contribution in [3.63, 3.8) is 0 Å². The van der Waals surface area contributed by atoms with Crippen LogP contribution in [-0.4, -0.2) is 43.0 Å². The molecule has 0 unspecified atom stereocenters. The van der Waals surface area contributed by atoms with Crippen LogP contribution in [0.15, 0.2) is 67.1 Å². The SMILES string of the molecule is COc1ccccc1-c1cnncc1C(=O)Nc1nc2ccc(-c3ccc(Cl)c4nn(C)cc34)nc2s1. The zero-order chi connectivity index (χ0) is 25.5. The molecule has 1 N–H and O–H groups in total. The number of hydrogen-bond donors (Lipinski definition) is 1. The summed E-state index contributed by atoms with van der Waals surface area (Å²) in [5, 5.41) is 17.1. The van der Waals surface area contributed by atoms with Gasteiger partial charge in [-0.25, -0.2) is 9.97 Å². The quantitative estimate of drug-likeness (QED) is 0.310. The number of nitrogens with one attached hydrogen (secondary N) is 1. The maximum Gasteiger partial charge on any atom is 0.259 e. The first-order chi connectivity index (χ1) is 18.0. The van der Waals surface area contributed by atoms with E-state index in [2.05, 4.69) is 25.6 Å². The summed E-state index contributed by atoms with van der Waals surface area (Å²) in [6, 6.07) is 15.0. The number of carbonyl (C=O) groups is 1. The Morgan fingerprint density at radius 1 is 1.00 bits per heavy atom. The number of rotatable bonds is 5. The molecule has 182 valence electrons. The Kier molecular flexibility index (Phi) is 5.74. The molecule has 4 aromatic heterocycles. The highest BCUT2D eigenvalue weighted by molar-refractivity contribution is 7.22. The van der Waals surface area contributed by atoms with Crippen molar-refractivity contribution in [3.05, 3.63) is 77.7 Å². The number of pyridine rings is 1. The van der Waals surface area contributed by atoms with E-state index in [0.29, 0.717) is 37.4 Å². The Morgan fingerprint density at radius 3 is 2.70 bits per heavy atom. The lowest BCUT2D eigenvalue weighted by Gasteiger charge is -2.11. The number of aromatic nitrogens is 6. The number of anilines is 1. The Morgan fingerprint density at radius 2 is 1.84 bits per heavy atom. The second-order valence-corrected chi connectivity index (χ2v) is 9.56. The van der Waals surface area contributed by atoms with Gasteiger partial charge < -0.3 is 4.74 Å². The fourth-order valence-electron chi connectivity index (χ4n) is 4.18. The number of benzene rings is 2. The molecule has 0 spiro atoms. The van der Waals surface area contributed by atoms with Gasteiger partial charge in [0, 0.05) is 35.3 Å². The van der Waals surface area contributed by atoms with Crippen molar-refractivity contribution >= 4 is 55.2 Å². The average molecular weight is 528 g/mol. The highest BCUT2D eigenvalue weighted by Gasteiger charge is 2.19. The van der Waals surface area contributed by atoms with E-state index < -0.39 is 0 Å². The molecule has 0 aliphatic carbocycles. The zero-order valence-corrected chi connectivity index (χ0v) is 21.2. The average Bonchev–Trinajstić information content (AvgIpc) is 3.51. The minimum Gasteiger partial charge on any atom is -0.496 e. The molecule has 0 bridgehead atoms. The van der Waals surface area contributed by atoms with Gasteiger partial charge in [-0.1, -0.05) is 47.2 Å². The van der Waals surface area contributed by atoms with Crippen molar-refractivity contribution in [2.24, 2.45) is 7.05 Å². The molecule has 0 atom stereocenters. The standard InChI is InChI=1S/C26H18ClN7O2S/c1-34-13-18-14(7-8-19(27)23(18)33-34)20-9-10-21-25(30-20)37-26(31-21)32-24(35)17-12-29-28-11-16(17)15-5-3-4-6-22(15)36-2/h3-13H,1-2H3,(H,31,32,35). The van der Waals surface area contributed by atoms with Crippen LogP contribution in [0.1, 0.15) is 10.4 Å². The van der Waals surface area contributed by atoms with Crippen LogP contribution < -0.4 is 10.1 Å². The molecule has 4 heterocycles. The smallest absolute Gasteiger partial charge is 0.259 e. The summed E-state index contributed by atoms with van der Waals surface area (Å²) in [6.07, 6.45) is 4.90. The molecule has 1 amide bonds. The highest BCUT2D eigenvalue weighted by atomic mass is 35.5. The second kappa shape index (κ2) is 9.23. The van der Waals surface area contributed by atoms with Crippen LogP contribution >= 0.6 is 22.9 Å². The van der Waals surface area contributed by atoms with Crippen LogP contribution in [0, 0.1) is 0 Å². The first-order valence-corrected chi connectivity index (χ1v) is 12.4. The van der Waals surface area contributed by atoms with Crippen LogP contribution in [0.4, 0.5) is 5.13 Å². The molecule has 0 fully saturated rings. The van der Waals surface area contributed by atoms with Crippen LogP contribution in [0.2, 0.25) is 5.02 Å². The summed E-state index contributed by atoms with van der Waals surface area (Å²) in [5.74, 6) is 0.274. The van der Waals surface area contributed by atoms with E-state index >= 15 is 0 Å². The van der Waals surface area contributed by atoms with Gasteiger partial charge in [0.15, 0.2) is 5.13 Å². The maximum atomic E-state index is 13.3. The largest absolute Gasteiger partial charge is 0.496 e. The summed E-state index contributed by atoms with van der Waals surface area (Å²) in [5.41, 5.74) is 4.78. The zero-order valence-electron chi connectivity index (χ0n) is 19.6. The molecule has 9 nitrogen and oxygen atoms in total. The van der Waals surface area contributed by atoms with Gasteiger partial charge in [0.05, 0.1) is 35.8 Å². The van der Waals surface area contributed by atoms with Crippen LogP contribution in [0.25, 0.3) is 43.6 Å². The third kappa shape index (κ3) is 4.15. The summed E-state index contributed by atoms with van der Waals surface area (Å²) < 4.78 is 7.19. The molecule has 11 heteroatoms. The fourth-order valence-corrected chi connectivity index (χ4v) is 5.22. The van der Waals surface area contributed by atoms with Gasteiger partial charge >= 0.3 is 0 Å². The minimum absolute atomic E-state index is 0.354. The van der Waals surface area contributed by atoms with Crippen LogP contribution in [0.3, 0.4) is 0 Å². The fraction of sp³-hybridized carbons (Fsp3) is 0.0769. The molecular weight excluding hydrogens is 510 g/mol. The van der Waals surface area contributed by atoms with E-state index in [-0.39, 0.29) is 5.91 Å². The Balaban J connectivity index is 1.33. The van der Waals surface area contributed by atoms with E-state index in [9.17, 15) is 4.79 Å². The van der Waals surface area contributed by atoms with Gasteiger partial charge in [0.2, 0.25) is 0 Å². The molecule has 2 aromatic carbocycles. The Bertz CT molecular complexity index is 1810. The summed E-state index contributed by atoms with van der Waals surface area (Å²) in [6.45, 7) is 0. The summed E-state index contributed by atoms with van der Waals surface area (Å²) in [7, 11) is 3.44. The highest BCUT2D eigenvalue weighted by Crippen LogP contribution is 2.35. The Hall–Kier alpha value is -4.41. The number of thiazole rings is 1. The third-order valence-corrected chi connectivity index (χ3v) is 7.05. The van der Waals surface area contributed by atoms with Gasteiger partial charge in [0.1, 0.15) is 21.6 Å². The lowest BCUT2D eigenvalue weighted by molar-refractivity contribution is 0.102. The van der Waals surface area contributed by atoms with Crippen molar-refractivity contribution in [2.45, 2.75) is 0 Å². The van der Waals surface area contributed by atoms with Crippen molar-refractivity contribution in [1.29, 1.82) is 0 Å². The van der Waals surface area contributed by atoms with Gasteiger partial charge in [-0.15, -0.1) is 0 Å². The number of ether oxygens (including phenoxy) is 1. The first-order valence-electron chi connectivity index (χ1n) is 11.2. The number of methoxy groups -OCH3 is 1. The predicted octanol–water partition coefficient (Wildman–Crippen LogP) is 5.62. The van der Waals surface area contributed by atoms with Gasteiger partial charge in [-0.05, 0) is 24.3 Å². The van der Waals surface area contributed by atoms with Gasteiger partial charge in [0.25, 0.3) is 5.91 Å². The normalized spacial score (nSPS) is 11.2. The number of fused-ring (bicyclic) bond motifs is 2. The number of amides is 1. The number of carbonyl (C=O) groups excluding carboxylic acids is 1. The van der Waals surface area contributed by atoms with Crippen molar-refractivity contribution in [3.8, 4) is 28.1 Å². The number of hydrogen-bond acceptors (Lipinski definition) is 8. The molecule has 0 aliphatic rings. The van der Waals surface area contributed by atoms with Crippen molar-refractivity contribution in [2.75, 3.05) is 12.4 Å². The molecule has 0 saturated heterocycles. The van der Waals surface area contributed by atoms with E-state index in [1.807, 2.05) is 61.8 Å². The second-order valence-electron chi connectivity index (χ2n) is 8.17. The van der Waals surface area contributed by atoms with E-state index in [4.69, 9.17) is 21.3 Å². The number of nitrogens with zero attached hydrogens (tertiary/aromatic N) is 6. The molecule has 37 heavy (non-hydrogen) atoms. The molecular formula is C26H18ClN7O2S. The number of halogens is 1. The molecule has 0 saturated carbocycles. The summed E-state index contributed by atoms with van der Waals surface area (Å²) >= 11 is 7.62. The molecule has 0 aliphatic heterocycles. The van der Waals surface area contributed by atoms with Gasteiger partial charge in [-0.3, -0.25) is 14.8 Å². The lowest BCUT2D eigenvalue weighted by Crippen LogP contribution is -2.14. The molecule has 6 aromatic rings.